The molecule has 1 heterocycles. The van der Waals surface area contributed by atoms with E-state index in [1.807, 2.05) is 0 Å². The van der Waals surface area contributed by atoms with Crippen LogP contribution in [0.15, 0.2) is 0 Å². The average molecular weight is 182 g/mol. The van der Waals surface area contributed by atoms with Crippen molar-refractivity contribution in [2.45, 2.75) is 0 Å². The molecule has 0 aromatic rings. The number of hydrogen-bond acceptors (Lipinski definition) is 2. The predicted molar refractivity (Wildman–Crippen MR) is 32.2 cm³/mol. The summed E-state index contributed by atoms with van der Waals surface area (Å²) in [6, 6.07) is 0. The van der Waals surface area contributed by atoms with Crippen LogP contribution in [0, 0.1) is 0 Å². The summed E-state index contributed by atoms with van der Waals surface area (Å²) in [5.74, 6) is 0. The molecule has 3 N–H and O–H groups in total. The normalized spacial score (nSPS) is 14.6. The summed E-state index contributed by atoms with van der Waals surface area (Å²) >= 11 is 0. The van der Waals surface area contributed by atoms with E-state index in [2.05, 4.69) is 4.74 Å². The van der Waals surface area contributed by atoms with Gasteiger partial charge in [0.2, 0.25) is 0 Å². The van der Waals surface area contributed by atoms with Crippen molar-refractivity contribution in [1.82, 2.24) is 0 Å². The van der Waals surface area contributed by atoms with Crippen molar-refractivity contribution >= 4 is 59.2 Å². The molecule has 7 heteroatoms. The Labute approximate surface area is 95.1 Å². The summed E-state index contributed by atoms with van der Waals surface area (Å²) in [5, 5.41) is 0. The van der Waals surface area contributed by atoms with Gasteiger partial charge in [-0.25, -0.2) is 4.57 Å². The topological polar surface area (TPSA) is 90.3 Å². The van der Waals surface area contributed by atoms with Crippen LogP contribution in [0.4, 0.5) is 0 Å². The maximum atomic E-state index is 8.88. The molecular formula is C2H8KO5P. The average Bonchev–Trinajstić information content (AvgIpc) is 1.95. The minimum atomic E-state index is -4.64. The van der Waals surface area contributed by atoms with Gasteiger partial charge in [-0.1, -0.05) is 0 Å². The summed E-state index contributed by atoms with van der Waals surface area (Å²) in [4.78, 5) is 21.6. The van der Waals surface area contributed by atoms with Crippen LogP contribution in [0.3, 0.4) is 0 Å². The van der Waals surface area contributed by atoms with Crippen LogP contribution in [-0.4, -0.2) is 79.3 Å². The fourth-order valence-electron chi connectivity index (χ4n) is 0. The second kappa shape index (κ2) is 6.42. The predicted octanol–water partition coefficient (Wildman–Crippen LogP) is -1.56. The van der Waals surface area contributed by atoms with Crippen molar-refractivity contribution in [2.24, 2.45) is 0 Å². The van der Waals surface area contributed by atoms with Gasteiger partial charge in [-0.3, -0.25) is 0 Å². The molecule has 0 amide bonds. The molecule has 52 valence electrons. The molecular weight excluding hydrogens is 174 g/mol. The number of ether oxygens (including phenoxy) is 1. The van der Waals surface area contributed by atoms with Gasteiger partial charge in [0, 0.05) is 0 Å². The molecule has 0 bridgehead atoms. The zero-order valence-electron chi connectivity index (χ0n) is 4.02. The summed E-state index contributed by atoms with van der Waals surface area (Å²) in [6.45, 7) is 2.00. The standard InChI is InChI=1S/C2H4O.K.H3O4P.H/c1-2-3-1;;1-5(2,3)4;/h1-2H2;;(H3,1,2,3,4);. The maximum absolute atomic E-state index is 8.88. The second-order valence-electron chi connectivity index (χ2n) is 1.13. The molecule has 0 radical (unpaired) electrons. The van der Waals surface area contributed by atoms with Crippen molar-refractivity contribution in [3.05, 3.63) is 0 Å². The second-order valence-corrected chi connectivity index (χ2v) is 2.15. The van der Waals surface area contributed by atoms with Crippen molar-refractivity contribution in [2.75, 3.05) is 13.2 Å². The van der Waals surface area contributed by atoms with Crippen LogP contribution in [0.2, 0.25) is 0 Å². The van der Waals surface area contributed by atoms with E-state index in [4.69, 9.17) is 19.2 Å². The first-order valence-corrected chi connectivity index (χ1v) is 3.43. The quantitative estimate of drug-likeness (QED) is 0.239. The van der Waals surface area contributed by atoms with Gasteiger partial charge in [0.15, 0.2) is 0 Å². The fraction of sp³-hybridized carbons (Fsp3) is 1.00. The number of phosphoric acid groups is 1. The van der Waals surface area contributed by atoms with Gasteiger partial charge in [-0.05, 0) is 0 Å². The molecule has 0 unspecified atom stereocenters. The number of hydrogen-bond donors (Lipinski definition) is 3. The Morgan fingerprint density at radius 3 is 1.33 bits per heavy atom. The molecule has 0 spiro atoms. The molecule has 1 fully saturated rings. The van der Waals surface area contributed by atoms with Crippen molar-refractivity contribution in [1.29, 1.82) is 0 Å². The monoisotopic (exact) mass is 182 g/mol. The number of rotatable bonds is 0. The Morgan fingerprint density at radius 1 is 1.22 bits per heavy atom. The van der Waals surface area contributed by atoms with Crippen LogP contribution in [0.5, 0.6) is 0 Å². The molecule has 9 heavy (non-hydrogen) atoms. The summed E-state index contributed by atoms with van der Waals surface area (Å²) in [6.07, 6.45) is 0. The van der Waals surface area contributed by atoms with Gasteiger partial charge >= 0.3 is 59.2 Å². The summed E-state index contributed by atoms with van der Waals surface area (Å²) < 4.78 is 13.4. The Bertz CT molecular complexity index is 86.1. The Morgan fingerprint density at radius 2 is 1.33 bits per heavy atom. The molecule has 0 aromatic heterocycles. The first-order valence-electron chi connectivity index (χ1n) is 1.86. The summed E-state index contributed by atoms with van der Waals surface area (Å²) in [7, 11) is -4.64. The van der Waals surface area contributed by atoms with Gasteiger partial charge in [0.1, 0.15) is 0 Å². The summed E-state index contributed by atoms with van der Waals surface area (Å²) in [5.41, 5.74) is 0. The molecule has 5 nitrogen and oxygen atoms in total. The Kier molecular flexibility index (Phi) is 9.49. The van der Waals surface area contributed by atoms with Crippen LogP contribution in [0.25, 0.3) is 0 Å². The van der Waals surface area contributed by atoms with Crippen molar-refractivity contribution in [3.63, 3.8) is 0 Å². The van der Waals surface area contributed by atoms with Gasteiger partial charge in [0.05, 0.1) is 13.2 Å². The third-order valence-electron chi connectivity index (χ3n) is 0.204. The third-order valence-corrected chi connectivity index (χ3v) is 0.204. The molecule has 0 saturated carbocycles. The third kappa shape index (κ3) is 78.7. The fourth-order valence-corrected chi connectivity index (χ4v) is 0. The Balaban J connectivity index is 0. The van der Waals surface area contributed by atoms with Gasteiger partial charge in [0.25, 0.3) is 0 Å². The molecule has 1 aliphatic rings. The van der Waals surface area contributed by atoms with Crippen LogP contribution in [-0.2, 0) is 9.30 Å². The molecule has 1 aliphatic heterocycles. The van der Waals surface area contributed by atoms with E-state index in [1.165, 1.54) is 0 Å². The first-order chi connectivity index (χ1) is 3.50. The first kappa shape index (κ1) is 13.3. The molecule has 0 atom stereocenters. The van der Waals surface area contributed by atoms with Gasteiger partial charge < -0.3 is 19.4 Å². The van der Waals surface area contributed by atoms with Crippen molar-refractivity contribution < 1.29 is 24.0 Å². The van der Waals surface area contributed by atoms with E-state index in [0.29, 0.717) is 0 Å². The van der Waals surface area contributed by atoms with E-state index in [-0.39, 0.29) is 51.4 Å². The van der Waals surface area contributed by atoms with Crippen LogP contribution < -0.4 is 0 Å². The SMILES string of the molecule is C1CO1.O=P(O)(O)O.[KH]. The van der Waals surface area contributed by atoms with E-state index in [1.54, 1.807) is 0 Å². The van der Waals surface area contributed by atoms with E-state index >= 15 is 0 Å². The van der Waals surface area contributed by atoms with Crippen LogP contribution in [0.1, 0.15) is 0 Å². The van der Waals surface area contributed by atoms with E-state index in [9.17, 15) is 0 Å². The Hall–Kier alpha value is 1.71. The van der Waals surface area contributed by atoms with E-state index in [0.717, 1.165) is 13.2 Å². The molecule has 1 rings (SSSR count). The minimum absolute atomic E-state index is 0. The van der Waals surface area contributed by atoms with Gasteiger partial charge in [-0.15, -0.1) is 0 Å². The molecule has 1 saturated heterocycles. The molecule has 0 aliphatic carbocycles. The molecule has 0 aromatic carbocycles. The van der Waals surface area contributed by atoms with Gasteiger partial charge in [-0.2, -0.15) is 0 Å². The zero-order valence-corrected chi connectivity index (χ0v) is 4.91. The van der Waals surface area contributed by atoms with Crippen LogP contribution >= 0.6 is 7.82 Å². The van der Waals surface area contributed by atoms with Crippen molar-refractivity contribution in [3.8, 4) is 0 Å². The number of epoxide rings is 1. The zero-order chi connectivity index (χ0) is 6.62. The van der Waals surface area contributed by atoms with E-state index < -0.39 is 7.82 Å².